The lowest BCUT2D eigenvalue weighted by Crippen LogP contribution is -2.55. The lowest BCUT2D eigenvalue weighted by atomic mass is 10.1. The van der Waals surface area contributed by atoms with Gasteiger partial charge in [0.2, 0.25) is 10.0 Å². The zero-order valence-electron chi connectivity index (χ0n) is 12.6. The fourth-order valence-corrected chi connectivity index (χ4v) is 4.41. The summed E-state index contributed by atoms with van der Waals surface area (Å²) in [4.78, 5) is 4.23. The maximum absolute atomic E-state index is 12.9. The second-order valence-electron chi connectivity index (χ2n) is 5.90. The molecule has 0 aromatic carbocycles. The second-order valence-corrected chi connectivity index (χ2v) is 8.14. The van der Waals surface area contributed by atoms with Crippen molar-refractivity contribution in [2.75, 3.05) is 19.8 Å². The van der Waals surface area contributed by atoms with E-state index in [0.717, 1.165) is 0 Å². The van der Waals surface area contributed by atoms with Crippen LogP contribution in [0.3, 0.4) is 0 Å². The lowest BCUT2D eigenvalue weighted by molar-refractivity contribution is -0.00772. The molecule has 0 saturated carbocycles. The van der Waals surface area contributed by atoms with E-state index >= 15 is 0 Å². The minimum absolute atomic E-state index is 0.0918. The van der Waals surface area contributed by atoms with Crippen LogP contribution in [0.15, 0.2) is 17.3 Å². The Morgan fingerprint density at radius 2 is 2.14 bits per heavy atom. The highest BCUT2D eigenvalue weighted by atomic mass is 35.5. The van der Waals surface area contributed by atoms with E-state index in [9.17, 15) is 8.42 Å². The van der Waals surface area contributed by atoms with Crippen molar-refractivity contribution < 1.29 is 13.2 Å². The summed E-state index contributed by atoms with van der Waals surface area (Å²) in [6, 6.07) is 0. The Hall–Kier alpha value is -1.22. The fourth-order valence-electron chi connectivity index (χ4n) is 2.55. The molecule has 1 saturated heterocycles. The summed E-state index contributed by atoms with van der Waals surface area (Å²) >= 11 is 6.08. The van der Waals surface area contributed by atoms with E-state index in [1.165, 1.54) is 21.2 Å². The maximum atomic E-state index is 12.9. The molecule has 0 N–H and O–H groups in total. The molecule has 120 valence electrons. The van der Waals surface area contributed by atoms with Gasteiger partial charge in [0, 0.05) is 6.54 Å². The van der Waals surface area contributed by atoms with Gasteiger partial charge in [-0.3, -0.25) is 0 Å². The molecule has 0 aliphatic carbocycles. The third-order valence-electron chi connectivity index (χ3n) is 3.71. The topological polar surface area (TPSA) is 76.8 Å². The molecule has 2 aromatic heterocycles. The number of hydrogen-bond donors (Lipinski definition) is 0. The Morgan fingerprint density at radius 3 is 2.82 bits per heavy atom. The van der Waals surface area contributed by atoms with Gasteiger partial charge < -0.3 is 4.74 Å². The molecule has 0 amide bonds. The van der Waals surface area contributed by atoms with E-state index in [2.05, 4.69) is 10.1 Å². The summed E-state index contributed by atoms with van der Waals surface area (Å²) in [5.41, 5.74) is 0.443. The minimum atomic E-state index is -3.68. The van der Waals surface area contributed by atoms with Crippen LogP contribution in [0.25, 0.3) is 5.65 Å². The van der Waals surface area contributed by atoms with E-state index in [1.54, 1.807) is 6.92 Å². The number of sulfonamides is 1. The van der Waals surface area contributed by atoms with Crippen molar-refractivity contribution in [1.29, 1.82) is 0 Å². The Kier molecular flexibility index (Phi) is 3.67. The van der Waals surface area contributed by atoms with Crippen LogP contribution in [0.5, 0.6) is 0 Å². The summed E-state index contributed by atoms with van der Waals surface area (Å²) in [6.07, 6.45) is 2.77. The minimum Gasteiger partial charge on any atom is -0.378 e. The van der Waals surface area contributed by atoms with Gasteiger partial charge in [0.05, 0.1) is 36.8 Å². The first-order valence-electron chi connectivity index (χ1n) is 6.84. The smallest absolute Gasteiger partial charge is 0.246 e. The van der Waals surface area contributed by atoms with Crippen molar-refractivity contribution >= 4 is 27.3 Å². The highest BCUT2D eigenvalue weighted by Gasteiger charge is 2.40. The molecule has 1 aliphatic rings. The molecular formula is C13H17ClN4O3S. The molecule has 1 aliphatic heterocycles. The summed E-state index contributed by atoms with van der Waals surface area (Å²) in [7, 11) is -3.68. The predicted molar refractivity (Wildman–Crippen MR) is 81.5 cm³/mol. The largest absolute Gasteiger partial charge is 0.378 e. The monoisotopic (exact) mass is 344 g/mol. The van der Waals surface area contributed by atoms with Crippen molar-refractivity contribution in [1.82, 2.24) is 18.9 Å². The van der Waals surface area contributed by atoms with Gasteiger partial charge in [0.15, 0.2) is 5.65 Å². The number of morpholine rings is 1. The molecule has 22 heavy (non-hydrogen) atoms. The molecule has 1 fully saturated rings. The molecule has 2 aromatic rings. The van der Waals surface area contributed by atoms with Gasteiger partial charge in [-0.05, 0) is 20.8 Å². The zero-order chi connectivity index (χ0) is 16.1. The van der Waals surface area contributed by atoms with Gasteiger partial charge in [-0.1, -0.05) is 11.6 Å². The number of halogens is 1. The Morgan fingerprint density at radius 1 is 1.41 bits per heavy atom. The van der Waals surface area contributed by atoms with Gasteiger partial charge in [-0.2, -0.15) is 9.40 Å². The Bertz CT molecular complexity index is 831. The molecule has 7 nitrogen and oxygen atoms in total. The lowest BCUT2D eigenvalue weighted by Gasteiger charge is -2.40. The van der Waals surface area contributed by atoms with Crippen molar-refractivity contribution in [2.45, 2.75) is 31.2 Å². The zero-order valence-corrected chi connectivity index (χ0v) is 14.1. The Labute approximate surface area is 133 Å². The first kappa shape index (κ1) is 15.7. The third-order valence-corrected chi connectivity index (χ3v) is 6.22. The summed E-state index contributed by atoms with van der Waals surface area (Å²) < 4.78 is 34.0. The SMILES string of the molecule is Cc1nn2cc(S(=O)(=O)N3CCOCC3(C)C)cnc2c1Cl. The van der Waals surface area contributed by atoms with Gasteiger partial charge in [0.1, 0.15) is 9.92 Å². The van der Waals surface area contributed by atoms with Crippen LogP contribution in [0, 0.1) is 6.92 Å². The number of fused-ring (bicyclic) bond motifs is 1. The number of aryl methyl sites for hydroxylation is 1. The predicted octanol–water partition coefficient (Wildman–Crippen LogP) is 1.49. The van der Waals surface area contributed by atoms with Crippen molar-refractivity contribution in [3.63, 3.8) is 0 Å². The van der Waals surface area contributed by atoms with Gasteiger partial charge in [-0.25, -0.2) is 17.9 Å². The number of ether oxygens (including phenoxy) is 1. The number of aromatic nitrogens is 3. The second kappa shape index (κ2) is 5.16. The van der Waals surface area contributed by atoms with Crippen LogP contribution in [0.2, 0.25) is 5.02 Å². The van der Waals surface area contributed by atoms with E-state index in [0.29, 0.717) is 36.1 Å². The Balaban J connectivity index is 2.09. The molecular weight excluding hydrogens is 328 g/mol. The van der Waals surface area contributed by atoms with Crippen molar-refractivity contribution in [2.24, 2.45) is 0 Å². The van der Waals surface area contributed by atoms with Gasteiger partial charge in [-0.15, -0.1) is 0 Å². The van der Waals surface area contributed by atoms with Crippen molar-refractivity contribution in [3.8, 4) is 0 Å². The van der Waals surface area contributed by atoms with Crippen LogP contribution in [-0.2, 0) is 14.8 Å². The summed E-state index contributed by atoms with van der Waals surface area (Å²) in [5, 5.41) is 4.61. The molecule has 3 rings (SSSR count). The molecule has 0 radical (unpaired) electrons. The molecule has 0 bridgehead atoms. The molecule has 0 unspecified atom stereocenters. The first-order chi connectivity index (χ1) is 10.2. The van der Waals surface area contributed by atoms with Crippen LogP contribution in [0.1, 0.15) is 19.5 Å². The molecule has 0 atom stereocenters. The average Bonchev–Trinajstić information content (AvgIpc) is 2.73. The quantitative estimate of drug-likeness (QED) is 0.825. The highest BCUT2D eigenvalue weighted by Crippen LogP contribution is 2.28. The summed E-state index contributed by atoms with van der Waals surface area (Å²) in [5.74, 6) is 0. The molecule has 0 spiro atoms. The van der Waals surface area contributed by atoms with Gasteiger partial charge in [0.25, 0.3) is 0 Å². The number of rotatable bonds is 2. The van der Waals surface area contributed by atoms with Crippen LogP contribution >= 0.6 is 11.6 Å². The highest BCUT2D eigenvalue weighted by molar-refractivity contribution is 7.89. The molecule has 3 heterocycles. The van der Waals surface area contributed by atoms with E-state index in [1.807, 2.05) is 13.8 Å². The van der Waals surface area contributed by atoms with Gasteiger partial charge >= 0.3 is 0 Å². The number of hydrogen-bond acceptors (Lipinski definition) is 5. The van der Waals surface area contributed by atoms with E-state index in [-0.39, 0.29) is 4.90 Å². The van der Waals surface area contributed by atoms with Crippen molar-refractivity contribution in [3.05, 3.63) is 23.1 Å². The standard InChI is InChI=1S/C13H17ClN4O3S/c1-9-11(14)12-15-6-10(7-17(12)16-9)22(19,20)18-4-5-21-8-13(18,2)3/h6-7H,4-5,8H2,1-3H3. The van der Waals surface area contributed by atoms with E-state index in [4.69, 9.17) is 16.3 Å². The summed E-state index contributed by atoms with van der Waals surface area (Å²) in [6.45, 7) is 6.47. The third kappa shape index (κ3) is 2.40. The van der Waals surface area contributed by atoms with E-state index < -0.39 is 15.6 Å². The molecule has 9 heteroatoms. The normalized spacial score (nSPS) is 19.6. The maximum Gasteiger partial charge on any atom is 0.246 e. The van der Waals surface area contributed by atoms with Crippen LogP contribution in [-0.4, -0.2) is 52.6 Å². The van der Waals surface area contributed by atoms with Crippen LogP contribution in [0.4, 0.5) is 0 Å². The fraction of sp³-hybridized carbons (Fsp3) is 0.538. The van der Waals surface area contributed by atoms with Crippen LogP contribution < -0.4 is 0 Å². The average molecular weight is 345 g/mol. The number of nitrogens with zero attached hydrogens (tertiary/aromatic N) is 4. The first-order valence-corrected chi connectivity index (χ1v) is 8.66.